The average Bonchev–Trinajstić information content (AvgIpc) is 3.26. The average molecular weight is 388 g/mol. The van der Waals surface area contributed by atoms with Gasteiger partial charge in [0.05, 0.1) is 0 Å². The minimum atomic E-state index is -0.906. The van der Waals surface area contributed by atoms with Crippen LogP contribution in [0.1, 0.15) is 36.0 Å². The maximum absolute atomic E-state index is 12.4. The van der Waals surface area contributed by atoms with Crippen LogP contribution in [0.4, 0.5) is 4.79 Å². The smallest absolute Gasteiger partial charge is 0.326 e. The van der Waals surface area contributed by atoms with E-state index in [2.05, 4.69) is 16.2 Å². The number of imide groups is 1. The summed E-state index contributed by atoms with van der Waals surface area (Å²) < 4.78 is 4.78. The Bertz CT molecular complexity index is 804. The molecule has 28 heavy (non-hydrogen) atoms. The summed E-state index contributed by atoms with van der Waals surface area (Å²) in [6, 6.07) is 7.58. The number of nitrogens with zero attached hydrogens (tertiary/aromatic N) is 1. The summed E-state index contributed by atoms with van der Waals surface area (Å²) in [5, 5.41) is 2.65. The molecule has 5 amide bonds. The van der Waals surface area contributed by atoms with Gasteiger partial charge in [0.15, 0.2) is 6.61 Å². The summed E-state index contributed by atoms with van der Waals surface area (Å²) >= 11 is 0. The van der Waals surface area contributed by atoms with Crippen LogP contribution >= 0.6 is 0 Å². The molecule has 1 saturated heterocycles. The van der Waals surface area contributed by atoms with Crippen molar-refractivity contribution in [3.05, 3.63) is 35.9 Å². The lowest BCUT2D eigenvalue weighted by Crippen LogP contribution is -2.45. The topological polar surface area (TPSA) is 134 Å². The molecule has 2 fully saturated rings. The van der Waals surface area contributed by atoms with Gasteiger partial charge in [-0.25, -0.2) is 4.79 Å². The van der Waals surface area contributed by atoms with Crippen molar-refractivity contribution in [1.29, 1.82) is 0 Å². The number of urea groups is 1. The fourth-order valence-electron chi connectivity index (χ4n) is 3.28. The lowest BCUT2D eigenvalue weighted by atomic mass is 9.98. The van der Waals surface area contributed by atoms with Crippen molar-refractivity contribution in [2.24, 2.45) is 0 Å². The summed E-state index contributed by atoms with van der Waals surface area (Å²) in [7, 11) is 0. The number of carbonyl (C=O) groups is 5. The van der Waals surface area contributed by atoms with E-state index in [0.717, 1.165) is 17.7 Å². The lowest BCUT2D eigenvalue weighted by molar-refractivity contribution is -0.151. The number of hydrazine groups is 1. The van der Waals surface area contributed by atoms with Crippen molar-refractivity contribution in [1.82, 2.24) is 21.1 Å². The van der Waals surface area contributed by atoms with E-state index in [0.29, 0.717) is 18.4 Å². The van der Waals surface area contributed by atoms with Gasteiger partial charge in [0, 0.05) is 5.56 Å². The number of hydrogen-bond acceptors (Lipinski definition) is 6. The largest absolute Gasteiger partial charge is 0.454 e. The SMILES string of the molecule is O=C(COC(=O)CN1C(=O)NC2(CCCC2)C1=O)NNC(=O)c1ccccc1. The Morgan fingerprint density at radius 2 is 1.75 bits per heavy atom. The number of nitrogens with one attached hydrogen (secondary N) is 3. The van der Waals surface area contributed by atoms with Gasteiger partial charge in [0.1, 0.15) is 12.1 Å². The number of hydrogen-bond donors (Lipinski definition) is 3. The van der Waals surface area contributed by atoms with Gasteiger partial charge < -0.3 is 10.1 Å². The van der Waals surface area contributed by atoms with Crippen molar-refractivity contribution in [3.63, 3.8) is 0 Å². The molecule has 10 nitrogen and oxygen atoms in total. The lowest BCUT2D eigenvalue weighted by Gasteiger charge is -2.19. The Hall–Kier alpha value is -3.43. The molecule has 1 saturated carbocycles. The number of esters is 1. The molecule has 1 aliphatic carbocycles. The monoisotopic (exact) mass is 388 g/mol. The number of ether oxygens (including phenoxy) is 1. The highest BCUT2D eigenvalue weighted by Crippen LogP contribution is 2.34. The molecule has 3 N–H and O–H groups in total. The third kappa shape index (κ3) is 4.11. The summed E-state index contributed by atoms with van der Waals surface area (Å²) in [4.78, 5) is 60.6. The molecule has 1 aromatic carbocycles. The maximum atomic E-state index is 12.4. The first kappa shape index (κ1) is 19.3. The van der Waals surface area contributed by atoms with Crippen LogP contribution in [0.15, 0.2) is 30.3 Å². The summed E-state index contributed by atoms with van der Waals surface area (Å²) in [6.45, 7) is -1.24. The fourth-order valence-corrected chi connectivity index (χ4v) is 3.28. The van der Waals surface area contributed by atoms with E-state index in [1.54, 1.807) is 30.3 Å². The van der Waals surface area contributed by atoms with Crippen molar-refractivity contribution in [2.75, 3.05) is 13.2 Å². The van der Waals surface area contributed by atoms with Gasteiger partial charge in [0.2, 0.25) is 0 Å². The summed E-state index contributed by atoms with van der Waals surface area (Å²) in [5.74, 6) is -2.63. The zero-order chi connectivity index (χ0) is 20.1. The Morgan fingerprint density at radius 3 is 2.43 bits per heavy atom. The summed E-state index contributed by atoms with van der Waals surface area (Å²) in [5.41, 5.74) is 3.74. The molecule has 2 aliphatic rings. The first-order chi connectivity index (χ1) is 13.4. The highest BCUT2D eigenvalue weighted by atomic mass is 16.5. The number of benzene rings is 1. The van der Waals surface area contributed by atoms with Gasteiger partial charge in [-0.1, -0.05) is 31.0 Å². The van der Waals surface area contributed by atoms with Crippen LogP contribution in [0.25, 0.3) is 0 Å². The van der Waals surface area contributed by atoms with Crippen molar-refractivity contribution in [3.8, 4) is 0 Å². The molecule has 10 heteroatoms. The maximum Gasteiger partial charge on any atom is 0.326 e. The second-order valence-corrected chi connectivity index (χ2v) is 6.64. The minimum absolute atomic E-state index is 0.346. The first-order valence-corrected chi connectivity index (χ1v) is 8.85. The molecular weight excluding hydrogens is 368 g/mol. The third-order valence-corrected chi connectivity index (χ3v) is 4.71. The molecule has 0 atom stereocenters. The van der Waals surface area contributed by atoms with Gasteiger partial charge >= 0.3 is 12.0 Å². The Balaban J connectivity index is 1.42. The van der Waals surface area contributed by atoms with E-state index in [1.807, 2.05) is 0 Å². The van der Waals surface area contributed by atoms with Gasteiger partial charge in [-0.05, 0) is 25.0 Å². The molecule has 0 bridgehead atoms. The first-order valence-electron chi connectivity index (χ1n) is 8.85. The van der Waals surface area contributed by atoms with E-state index in [4.69, 9.17) is 4.74 Å². The Morgan fingerprint density at radius 1 is 1.07 bits per heavy atom. The van der Waals surface area contributed by atoms with E-state index < -0.39 is 48.4 Å². The molecule has 3 rings (SSSR count). The van der Waals surface area contributed by atoms with Gasteiger partial charge in [-0.2, -0.15) is 0 Å². The molecule has 1 aromatic rings. The Labute approximate surface area is 160 Å². The van der Waals surface area contributed by atoms with E-state index in [-0.39, 0.29) is 0 Å². The number of carbonyl (C=O) groups excluding carboxylic acids is 5. The van der Waals surface area contributed by atoms with Crippen LogP contribution < -0.4 is 16.2 Å². The molecule has 0 radical (unpaired) electrons. The molecular formula is C18H20N4O6. The second kappa shape index (κ2) is 8.07. The molecule has 1 heterocycles. The number of rotatable bonds is 5. The van der Waals surface area contributed by atoms with Crippen molar-refractivity contribution in [2.45, 2.75) is 31.2 Å². The third-order valence-electron chi connectivity index (χ3n) is 4.71. The van der Waals surface area contributed by atoms with E-state index >= 15 is 0 Å². The van der Waals surface area contributed by atoms with E-state index in [1.165, 1.54) is 0 Å². The van der Waals surface area contributed by atoms with Crippen molar-refractivity contribution >= 4 is 29.7 Å². The minimum Gasteiger partial charge on any atom is -0.454 e. The zero-order valence-electron chi connectivity index (χ0n) is 15.0. The standard InChI is InChI=1S/C18H20N4O6/c23-13(20-21-15(25)12-6-2-1-3-7-12)11-28-14(24)10-22-16(26)18(19-17(22)27)8-4-5-9-18/h1-3,6-7H,4-5,8-11H2,(H,19,27)(H,20,23)(H,21,25). The van der Waals surface area contributed by atoms with E-state index in [9.17, 15) is 24.0 Å². The fraction of sp³-hybridized carbons (Fsp3) is 0.389. The molecule has 1 aliphatic heterocycles. The van der Waals surface area contributed by atoms with Gasteiger partial charge in [-0.15, -0.1) is 0 Å². The highest BCUT2D eigenvalue weighted by molar-refractivity contribution is 6.08. The van der Waals surface area contributed by atoms with Crippen LogP contribution in [0.2, 0.25) is 0 Å². The quantitative estimate of drug-likeness (QED) is 0.365. The molecule has 1 spiro atoms. The second-order valence-electron chi connectivity index (χ2n) is 6.64. The molecule has 0 aromatic heterocycles. The van der Waals surface area contributed by atoms with Crippen LogP contribution in [-0.2, 0) is 19.1 Å². The van der Waals surface area contributed by atoms with Crippen LogP contribution in [-0.4, -0.2) is 53.3 Å². The predicted molar refractivity (Wildman–Crippen MR) is 94.5 cm³/mol. The van der Waals surface area contributed by atoms with Gasteiger partial charge in [0.25, 0.3) is 17.7 Å². The van der Waals surface area contributed by atoms with Gasteiger partial charge in [-0.3, -0.25) is 34.9 Å². The summed E-state index contributed by atoms with van der Waals surface area (Å²) in [6.07, 6.45) is 2.76. The van der Waals surface area contributed by atoms with Crippen LogP contribution in [0, 0.1) is 0 Å². The zero-order valence-corrected chi connectivity index (χ0v) is 15.0. The predicted octanol–water partition coefficient (Wildman–Crippen LogP) is -0.145. The van der Waals surface area contributed by atoms with Crippen LogP contribution in [0.5, 0.6) is 0 Å². The number of amides is 5. The normalized spacial score (nSPS) is 17.4. The Kier molecular flexibility index (Phi) is 5.57. The van der Waals surface area contributed by atoms with Crippen LogP contribution in [0.3, 0.4) is 0 Å². The molecule has 0 unspecified atom stereocenters. The highest BCUT2D eigenvalue weighted by Gasteiger charge is 2.52. The van der Waals surface area contributed by atoms with Crippen molar-refractivity contribution < 1.29 is 28.7 Å². The molecule has 148 valence electrons.